The number of benzene rings is 1. The predicted molar refractivity (Wildman–Crippen MR) is 82.7 cm³/mol. The van der Waals surface area contributed by atoms with Gasteiger partial charge in [0.05, 0.1) is 6.61 Å². The van der Waals surface area contributed by atoms with Gasteiger partial charge in [-0.05, 0) is 24.1 Å². The molecule has 0 radical (unpaired) electrons. The van der Waals surface area contributed by atoms with Crippen molar-refractivity contribution in [2.45, 2.75) is 19.5 Å². The number of carbonyl (C=O) groups is 2. The molecule has 21 heavy (non-hydrogen) atoms. The van der Waals surface area contributed by atoms with Crippen LogP contribution in [-0.4, -0.2) is 30.2 Å². The Hall–Kier alpha value is -1.46. The van der Waals surface area contributed by atoms with Gasteiger partial charge in [0.1, 0.15) is 23.7 Å². The zero-order valence-electron chi connectivity index (χ0n) is 11.7. The Morgan fingerprint density at radius 1 is 1.10 bits per heavy atom. The molecule has 7 heteroatoms. The number of rotatable bonds is 8. The first-order valence-electron chi connectivity index (χ1n) is 6.54. The fourth-order valence-electron chi connectivity index (χ4n) is 1.58. The fourth-order valence-corrected chi connectivity index (χ4v) is 1.73. The van der Waals surface area contributed by atoms with Crippen LogP contribution in [0.5, 0.6) is 5.75 Å². The van der Waals surface area contributed by atoms with Crippen molar-refractivity contribution in [1.82, 2.24) is 10.6 Å². The summed E-state index contributed by atoms with van der Waals surface area (Å²) >= 11 is 10.9. The number of nitrogens with one attached hydrogen (secondary N) is 2. The molecule has 5 nitrogen and oxygen atoms in total. The Balaban J connectivity index is 2.80. The second kappa shape index (κ2) is 9.47. The molecule has 0 saturated carbocycles. The highest BCUT2D eigenvalue weighted by Crippen LogP contribution is 2.17. The van der Waals surface area contributed by atoms with E-state index in [0.29, 0.717) is 12.2 Å². The minimum absolute atomic E-state index is 0.190. The van der Waals surface area contributed by atoms with Gasteiger partial charge in [-0.3, -0.25) is 9.59 Å². The third-order valence-corrected chi connectivity index (χ3v) is 3.03. The molecule has 0 heterocycles. The first-order chi connectivity index (χ1) is 10.1. The zero-order chi connectivity index (χ0) is 15.7. The summed E-state index contributed by atoms with van der Waals surface area (Å²) < 4.78 is 5.48. The molecule has 0 saturated heterocycles. The van der Waals surface area contributed by atoms with E-state index in [2.05, 4.69) is 10.6 Å². The molecule has 0 aliphatic carbocycles. The maximum Gasteiger partial charge on any atom is 0.236 e. The Kier molecular flexibility index (Phi) is 7.93. The Morgan fingerprint density at radius 3 is 2.05 bits per heavy atom. The monoisotopic (exact) mass is 332 g/mol. The van der Waals surface area contributed by atoms with E-state index in [4.69, 9.17) is 27.9 Å². The molecule has 0 spiro atoms. The summed E-state index contributed by atoms with van der Waals surface area (Å²) in [5, 5.41) is 5.22. The lowest BCUT2D eigenvalue weighted by atomic mass is 10.1. The van der Waals surface area contributed by atoms with Gasteiger partial charge in [-0.1, -0.05) is 19.1 Å². The highest BCUT2D eigenvalue weighted by Gasteiger charge is 2.16. The Bertz CT molecular complexity index is 448. The van der Waals surface area contributed by atoms with Gasteiger partial charge in [-0.25, -0.2) is 0 Å². The summed E-state index contributed by atoms with van der Waals surface area (Å²) in [5.41, 5.74) is 0.704. The number of halogens is 2. The molecule has 2 amide bonds. The van der Waals surface area contributed by atoms with Crippen molar-refractivity contribution in [2.24, 2.45) is 0 Å². The second-order valence-electron chi connectivity index (χ2n) is 4.25. The normalized spacial score (nSPS) is 10.3. The molecule has 0 bridgehead atoms. The highest BCUT2D eigenvalue weighted by atomic mass is 35.5. The smallest absolute Gasteiger partial charge is 0.236 e. The topological polar surface area (TPSA) is 67.4 Å². The van der Waals surface area contributed by atoms with Crippen molar-refractivity contribution < 1.29 is 14.3 Å². The molecule has 0 aliphatic rings. The highest BCUT2D eigenvalue weighted by molar-refractivity contribution is 6.27. The van der Waals surface area contributed by atoms with Gasteiger partial charge in [-0.15, -0.1) is 23.2 Å². The van der Waals surface area contributed by atoms with Crippen LogP contribution in [0.2, 0.25) is 0 Å². The van der Waals surface area contributed by atoms with E-state index in [1.807, 2.05) is 6.92 Å². The van der Waals surface area contributed by atoms with Crippen molar-refractivity contribution in [3.63, 3.8) is 0 Å². The summed E-state index contributed by atoms with van der Waals surface area (Å²) in [5.74, 6) is -0.423. The number of carbonyl (C=O) groups excluding carboxylic acids is 2. The predicted octanol–water partition coefficient (Wildman–Crippen LogP) is 2.18. The largest absolute Gasteiger partial charge is 0.494 e. The quantitative estimate of drug-likeness (QED) is 0.566. The van der Waals surface area contributed by atoms with Crippen molar-refractivity contribution in [3.8, 4) is 5.75 Å². The van der Waals surface area contributed by atoms with Crippen LogP contribution < -0.4 is 15.4 Å². The van der Waals surface area contributed by atoms with Crippen LogP contribution in [0, 0.1) is 0 Å². The maximum absolute atomic E-state index is 11.4. The lowest BCUT2D eigenvalue weighted by Crippen LogP contribution is -2.42. The summed E-state index contributed by atoms with van der Waals surface area (Å²) in [7, 11) is 0. The molecule has 116 valence electrons. The molecule has 1 rings (SSSR count). The van der Waals surface area contributed by atoms with E-state index in [9.17, 15) is 9.59 Å². The molecular formula is C14H18Cl2N2O3. The van der Waals surface area contributed by atoms with Crippen molar-refractivity contribution in [1.29, 1.82) is 0 Å². The molecule has 0 unspecified atom stereocenters. The average molecular weight is 333 g/mol. The average Bonchev–Trinajstić information content (AvgIpc) is 2.52. The number of hydrogen-bond acceptors (Lipinski definition) is 3. The molecule has 0 fully saturated rings. The number of ether oxygens (including phenoxy) is 1. The van der Waals surface area contributed by atoms with Gasteiger partial charge >= 0.3 is 0 Å². The number of amides is 2. The summed E-state index contributed by atoms with van der Waals surface area (Å²) in [6.45, 7) is 2.66. The van der Waals surface area contributed by atoms with Crippen molar-refractivity contribution >= 4 is 35.0 Å². The minimum atomic E-state index is -0.678. The van der Waals surface area contributed by atoms with Gasteiger partial charge in [0, 0.05) is 0 Å². The van der Waals surface area contributed by atoms with Crippen LogP contribution in [0.1, 0.15) is 25.1 Å². The lowest BCUT2D eigenvalue weighted by Gasteiger charge is -2.20. The van der Waals surface area contributed by atoms with Gasteiger partial charge in [0.15, 0.2) is 0 Å². The van der Waals surface area contributed by atoms with E-state index in [0.717, 1.165) is 12.2 Å². The van der Waals surface area contributed by atoms with Crippen molar-refractivity contribution in [2.75, 3.05) is 18.4 Å². The van der Waals surface area contributed by atoms with E-state index in [1.165, 1.54) is 0 Å². The molecular weight excluding hydrogens is 315 g/mol. The zero-order valence-corrected chi connectivity index (χ0v) is 13.2. The van der Waals surface area contributed by atoms with Crippen LogP contribution in [0.15, 0.2) is 24.3 Å². The van der Waals surface area contributed by atoms with Gasteiger partial charge in [0.25, 0.3) is 0 Å². The first kappa shape index (κ1) is 17.6. The van der Waals surface area contributed by atoms with Crippen LogP contribution in [0.25, 0.3) is 0 Å². The lowest BCUT2D eigenvalue weighted by molar-refractivity contribution is -0.122. The minimum Gasteiger partial charge on any atom is -0.494 e. The number of hydrogen-bond donors (Lipinski definition) is 2. The van der Waals surface area contributed by atoms with E-state index in [-0.39, 0.29) is 23.6 Å². The molecule has 1 aromatic carbocycles. The second-order valence-corrected chi connectivity index (χ2v) is 4.79. The van der Waals surface area contributed by atoms with Crippen LogP contribution in [-0.2, 0) is 9.59 Å². The van der Waals surface area contributed by atoms with E-state index >= 15 is 0 Å². The standard InChI is InChI=1S/C14H18Cl2N2O3/c1-2-7-21-11-5-3-10(4-6-11)14(17-12(19)8-15)18-13(20)9-16/h3-6,14H,2,7-9H2,1H3,(H,17,19)(H,18,20). The van der Waals surface area contributed by atoms with Gasteiger partial charge in [-0.2, -0.15) is 0 Å². The fraction of sp³-hybridized carbons (Fsp3) is 0.429. The third-order valence-electron chi connectivity index (χ3n) is 2.54. The van der Waals surface area contributed by atoms with Gasteiger partial charge in [0.2, 0.25) is 11.8 Å². The SMILES string of the molecule is CCCOc1ccc(C(NC(=O)CCl)NC(=O)CCl)cc1. The van der Waals surface area contributed by atoms with Crippen LogP contribution in [0.4, 0.5) is 0 Å². The van der Waals surface area contributed by atoms with Crippen molar-refractivity contribution in [3.05, 3.63) is 29.8 Å². The Labute approximate surface area is 133 Å². The van der Waals surface area contributed by atoms with Crippen LogP contribution >= 0.6 is 23.2 Å². The molecule has 1 aromatic rings. The molecule has 0 aliphatic heterocycles. The first-order valence-corrected chi connectivity index (χ1v) is 7.61. The van der Waals surface area contributed by atoms with E-state index in [1.54, 1.807) is 24.3 Å². The third kappa shape index (κ3) is 6.23. The molecule has 0 aromatic heterocycles. The molecule has 0 atom stereocenters. The van der Waals surface area contributed by atoms with Gasteiger partial charge < -0.3 is 15.4 Å². The summed E-state index contributed by atoms with van der Waals surface area (Å²) in [6, 6.07) is 7.08. The molecule has 2 N–H and O–H groups in total. The number of alkyl halides is 2. The van der Waals surface area contributed by atoms with Crippen LogP contribution in [0.3, 0.4) is 0 Å². The summed E-state index contributed by atoms with van der Waals surface area (Å²) in [6.07, 6.45) is 0.241. The Morgan fingerprint density at radius 2 is 1.62 bits per heavy atom. The van der Waals surface area contributed by atoms with E-state index < -0.39 is 6.17 Å². The summed E-state index contributed by atoms with van der Waals surface area (Å²) in [4.78, 5) is 22.8. The maximum atomic E-state index is 11.4.